The van der Waals surface area contributed by atoms with Crippen LogP contribution < -0.4 is 16.8 Å². The summed E-state index contributed by atoms with van der Waals surface area (Å²) >= 11 is 0. The second-order valence-corrected chi connectivity index (χ2v) is 8.09. The Kier molecular flexibility index (Phi) is 8.04. The van der Waals surface area contributed by atoms with Crippen LogP contribution in [0.4, 0.5) is 4.39 Å². The van der Waals surface area contributed by atoms with E-state index in [9.17, 15) is 14.3 Å². The van der Waals surface area contributed by atoms with E-state index >= 15 is 0 Å². The average molecular weight is 463 g/mol. The number of hydrogen-bond acceptors (Lipinski definition) is 4. The molecule has 0 saturated carbocycles. The summed E-state index contributed by atoms with van der Waals surface area (Å²) in [6, 6.07) is 18.6. The number of hydrogen-bond donors (Lipinski definition) is 5. The Morgan fingerprint density at radius 2 is 1.76 bits per heavy atom. The first-order chi connectivity index (χ1) is 16.0. The van der Waals surface area contributed by atoms with Crippen LogP contribution in [-0.4, -0.2) is 35.1 Å². The van der Waals surface area contributed by atoms with Gasteiger partial charge in [0.15, 0.2) is 0 Å². The minimum Gasteiger partial charge on any atom is -0.508 e. The van der Waals surface area contributed by atoms with Gasteiger partial charge in [-0.1, -0.05) is 37.8 Å². The molecule has 1 atom stereocenters. The average Bonchev–Trinajstić information content (AvgIpc) is 3.20. The molecule has 0 spiro atoms. The van der Waals surface area contributed by atoms with Crippen molar-refractivity contribution in [3.8, 4) is 28.0 Å². The Labute approximate surface area is 198 Å². The fourth-order valence-electron chi connectivity index (χ4n) is 3.94. The van der Waals surface area contributed by atoms with E-state index in [2.05, 4.69) is 10.3 Å². The predicted octanol–water partition coefficient (Wildman–Crippen LogP) is 4.78. The van der Waals surface area contributed by atoms with E-state index in [1.165, 1.54) is 12.1 Å². The molecular formula is C27H31FN4O2. The van der Waals surface area contributed by atoms with Gasteiger partial charge >= 0.3 is 0 Å². The van der Waals surface area contributed by atoms with Gasteiger partial charge in [-0.3, -0.25) is 4.79 Å². The van der Waals surface area contributed by atoms with Gasteiger partial charge in [0.1, 0.15) is 17.3 Å². The molecule has 4 rings (SSSR count). The first-order valence-electron chi connectivity index (χ1n) is 10.9. The van der Waals surface area contributed by atoms with Gasteiger partial charge in [0.2, 0.25) is 0 Å². The molecule has 4 aromatic rings. The zero-order valence-electron chi connectivity index (χ0n) is 18.1. The molecule has 178 valence electrons. The Hall–Kier alpha value is -3.68. The maximum absolute atomic E-state index is 13.4. The minimum absolute atomic E-state index is 0. The number of nitrogens with one attached hydrogen (secondary N) is 2. The predicted molar refractivity (Wildman–Crippen MR) is 136 cm³/mol. The first kappa shape index (κ1) is 25.0. The van der Waals surface area contributed by atoms with Crippen LogP contribution in [0.3, 0.4) is 0 Å². The third-order valence-electron chi connectivity index (χ3n) is 5.64. The fraction of sp³-hybridized carbons (Fsp3) is 0.222. The summed E-state index contributed by atoms with van der Waals surface area (Å²) in [7, 11) is 0. The first-order valence-corrected chi connectivity index (χ1v) is 10.9. The second-order valence-electron chi connectivity index (χ2n) is 8.09. The molecule has 34 heavy (non-hydrogen) atoms. The van der Waals surface area contributed by atoms with Gasteiger partial charge in [-0.05, 0) is 72.5 Å². The lowest BCUT2D eigenvalue weighted by Crippen LogP contribution is -2.37. The summed E-state index contributed by atoms with van der Waals surface area (Å²) < 4.78 is 13.4. The Morgan fingerprint density at radius 3 is 2.47 bits per heavy atom. The fourth-order valence-corrected chi connectivity index (χ4v) is 3.94. The zero-order valence-corrected chi connectivity index (χ0v) is 18.1. The summed E-state index contributed by atoms with van der Waals surface area (Å²) in [5.74, 6) is -0.478. The van der Waals surface area contributed by atoms with Crippen LogP contribution in [0.5, 0.6) is 5.75 Å². The maximum Gasteiger partial charge on any atom is 0.268 e. The molecule has 0 bridgehead atoms. The monoisotopic (exact) mass is 462 g/mol. The van der Waals surface area contributed by atoms with Crippen molar-refractivity contribution in [2.75, 3.05) is 13.1 Å². The number of fused-ring (bicyclic) bond motifs is 1. The van der Waals surface area contributed by atoms with E-state index in [1.54, 1.807) is 30.3 Å². The molecule has 1 aromatic heterocycles. The standard InChI is InChI=1S/C26H27FN4O2.CH4/c27-19-9-6-16(7-10-19)17-8-11-23-22(14-17)24(18-3-1-5-21(32)13-18)25(31-23)26(33)30-15-20(29)4-2-12-28;/h1,3,5-11,13-14,20,31-32H,2,4,12,15,28-29H2,(H,30,33);1H4/t20-;/m0./s1. The molecule has 0 saturated heterocycles. The highest BCUT2D eigenvalue weighted by Gasteiger charge is 2.20. The highest BCUT2D eigenvalue weighted by atomic mass is 19.1. The van der Waals surface area contributed by atoms with Crippen molar-refractivity contribution in [1.82, 2.24) is 10.3 Å². The molecule has 0 aliphatic heterocycles. The van der Waals surface area contributed by atoms with Gasteiger partial charge in [-0.25, -0.2) is 4.39 Å². The lowest BCUT2D eigenvalue weighted by atomic mass is 9.98. The van der Waals surface area contributed by atoms with Crippen molar-refractivity contribution in [3.05, 3.63) is 78.2 Å². The summed E-state index contributed by atoms with van der Waals surface area (Å²) in [5, 5.41) is 13.8. The normalized spacial score (nSPS) is 11.7. The smallest absolute Gasteiger partial charge is 0.268 e. The van der Waals surface area contributed by atoms with Gasteiger partial charge in [-0.2, -0.15) is 0 Å². The third-order valence-corrected chi connectivity index (χ3v) is 5.64. The van der Waals surface area contributed by atoms with Gasteiger partial charge in [-0.15, -0.1) is 0 Å². The molecule has 0 fully saturated rings. The van der Waals surface area contributed by atoms with Crippen molar-refractivity contribution < 1.29 is 14.3 Å². The van der Waals surface area contributed by atoms with E-state index in [-0.39, 0.29) is 30.9 Å². The van der Waals surface area contributed by atoms with Gasteiger partial charge in [0.25, 0.3) is 5.91 Å². The second kappa shape index (κ2) is 11.0. The van der Waals surface area contributed by atoms with E-state index in [4.69, 9.17) is 11.5 Å². The highest BCUT2D eigenvalue weighted by Crippen LogP contribution is 2.36. The summed E-state index contributed by atoms with van der Waals surface area (Å²) in [4.78, 5) is 16.4. The summed E-state index contributed by atoms with van der Waals surface area (Å²) in [5.41, 5.74) is 15.9. The number of carbonyl (C=O) groups excluding carboxylic acids is 1. The number of phenols is 1. The van der Waals surface area contributed by atoms with Crippen LogP contribution in [0, 0.1) is 5.82 Å². The van der Waals surface area contributed by atoms with Crippen LogP contribution >= 0.6 is 0 Å². The number of aromatic nitrogens is 1. The number of benzene rings is 3. The number of aromatic hydroxyl groups is 1. The molecule has 0 unspecified atom stereocenters. The quantitative estimate of drug-likeness (QED) is 0.259. The maximum atomic E-state index is 13.4. The molecule has 0 aliphatic rings. The molecule has 3 aromatic carbocycles. The van der Waals surface area contributed by atoms with E-state index in [0.717, 1.165) is 34.9 Å². The molecular weight excluding hydrogens is 431 g/mol. The van der Waals surface area contributed by atoms with Crippen molar-refractivity contribution in [2.45, 2.75) is 26.3 Å². The lowest BCUT2D eigenvalue weighted by molar-refractivity contribution is 0.0947. The molecule has 1 amide bonds. The Balaban J connectivity index is 0.00000324. The summed E-state index contributed by atoms with van der Waals surface area (Å²) in [6.45, 7) is 0.885. The molecule has 7 N–H and O–H groups in total. The topological polar surface area (TPSA) is 117 Å². The zero-order chi connectivity index (χ0) is 23.4. The number of carbonyl (C=O) groups is 1. The molecule has 6 nitrogen and oxygen atoms in total. The van der Waals surface area contributed by atoms with Crippen LogP contribution in [-0.2, 0) is 0 Å². The van der Waals surface area contributed by atoms with E-state index in [1.807, 2.05) is 24.3 Å². The van der Waals surface area contributed by atoms with Crippen LogP contribution in [0.25, 0.3) is 33.2 Å². The number of phenolic OH excluding ortho intramolecular Hbond substituents is 1. The largest absolute Gasteiger partial charge is 0.508 e. The van der Waals surface area contributed by atoms with Crippen LogP contribution in [0.1, 0.15) is 30.8 Å². The number of rotatable bonds is 8. The number of amides is 1. The Morgan fingerprint density at radius 1 is 1.03 bits per heavy atom. The Bertz CT molecular complexity index is 1270. The van der Waals surface area contributed by atoms with Crippen LogP contribution in [0.15, 0.2) is 66.7 Å². The number of aromatic amines is 1. The number of H-pyrrole nitrogens is 1. The summed E-state index contributed by atoms with van der Waals surface area (Å²) in [6.07, 6.45) is 1.52. The molecule has 0 radical (unpaired) electrons. The van der Waals surface area contributed by atoms with E-state index in [0.29, 0.717) is 29.9 Å². The molecule has 0 aliphatic carbocycles. The minimum atomic E-state index is -0.300. The van der Waals surface area contributed by atoms with Crippen molar-refractivity contribution in [2.24, 2.45) is 11.5 Å². The van der Waals surface area contributed by atoms with Crippen LogP contribution in [0.2, 0.25) is 0 Å². The lowest BCUT2D eigenvalue weighted by Gasteiger charge is -2.12. The van der Waals surface area contributed by atoms with Gasteiger partial charge in [0, 0.05) is 29.1 Å². The number of nitrogens with two attached hydrogens (primary N) is 2. The van der Waals surface area contributed by atoms with Crippen molar-refractivity contribution in [3.63, 3.8) is 0 Å². The third kappa shape index (κ3) is 5.44. The van der Waals surface area contributed by atoms with Crippen molar-refractivity contribution >= 4 is 16.8 Å². The highest BCUT2D eigenvalue weighted by molar-refractivity contribution is 6.10. The van der Waals surface area contributed by atoms with Gasteiger partial charge < -0.3 is 26.9 Å². The molecule has 1 heterocycles. The SMILES string of the molecule is C.NCCC[C@H](N)CNC(=O)c1[nH]c2ccc(-c3ccc(F)cc3)cc2c1-c1cccc(O)c1. The van der Waals surface area contributed by atoms with Crippen molar-refractivity contribution in [1.29, 1.82) is 0 Å². The van der Waals surface area contributed by atoms with E-state index < -0.39 is 0 Å². The molecule has 7 heteroatoms. The number of halogens is 1. The van der Waals surface area contributed by atoms with Gasteiger partial charge in [0.05, 0.1) is 0 Å².